The third kappa shape index (κ3) is 2.74. The second kappa shape index (κ2) is 6.91. The Bertz CT molecular complexity index is 1990. The van der Waals surface area contributed by atoms with Gasteiger partial charge in [0, 0.05) is 21.7 Å². The average molecular weight is 484 g/mol. The molecular weight excluding hydrogens is 459 g/mol. The molecule has 0 unspecified atom stereocenters. The molecule has 6 heteroatoms. The molecule has 7 aromatic rings. The Morgan fingerprint density at radius 2 is 1.43 bits per heavy atom. The Hall–Kier alpha value is -3.87. The maximum atomic E-state index is 6.52. The number of hydrogen-bond acceptors (Lipinski definition) is 4. The first kappa shape index (κ1) is 21.2. The van der Waals surface area contributed by atoms with Crippen molar-refractivity contribution in [1.29, 1.82) is 0 Å². The van der Waals surface area contributed by atoms with Crippen LogP contribution in [0.25, 0.3) is 60.6 Å². The molecule has 0 aliphatic carbocycles. The van der Waals surface area contributed by atoms with E-state index in [0.29, 0.717) is 5.89 Å². The quantitative estimate of drug-likeness (QED) is 0.249. The van der Waals surface area contributed by atoms with Crippen molar-refractivity contribution >= 4 is 61.8 Å². The monoisotopic (exact) mass is 484 g/mol. The minimum atomic E-state index is -0.434. The van der Waals surface area contributed by atoms with Gasteiger partial charge in [-0.3, -0.25) is 0 Å². The van der Waals surface area contributed by atoms with Gasteiger partial charge in [0.2, 0.25) is 5.89 Å². The van der Waals surface area contributed by atoms with Crippen LogP contribution in [0.1, 0.15) is 27.7 Å². The van der Waals surface area contributed by atoms with E-state index >= 15 is 0 Å². The Balaban J connectivity index is 1.47. The van der Waals surface area contributed by atoms with Gasteiger partial charge in [-0.25, -0.2) is 4.98 Å². The summed E-state index contributed by atoms with van der Waals surface area (Å²) >= 11 is 0. The van der Waals surface area contributed by atoms with Crippen molar-refractivity contribution in [2.75, 3.05) is 0 Å². The maximum absolute atomic E-state index is 6.52. The van der Waals surface area contributed by atoms with Crippen molar-refractivity contribution in [2.24, 2.45) is 0 Å². The van der Waals surface area contributed by atoms with Gasteiger partial charge in [-0.1, -0.05) is 48.5 Å². The molecule has 180 valence electrons. The van der Waals surface area contributed by atoms with E-state index in [0.717, 1.165) is 43.9 Å². The summed E-state index contributed by atoms with van der Waals surface area (Å²) in [5, 5.41) is 4.58. The molecule has 0 radical (unpaired) electrons. The number of hydrogen-bond donors (Lipinski definition) is 0. The number of fused-ring (bicyclic) bond motifs is 8. The van der Waals surface area contributed by atoms with Crippen molar-refractivity contribution in [3.05, 3.63) is 78.9 Å². The highest BCUT2D eigenvalue weighted by atomic mass is 16.7. The molecule has 1 aliphatic heterocycles. The van der Waals surface area contributed by atoms with Crippen LogP contribution < -0.4 is 5.46 Å². The number of rotatable bonds is 2. The van der Waals surface area contributed by atoms with E-state index in [1.54, 1.807) is 0 Å². The first-order valence-electron chi connectivity index (χ1n) is 12.7. The van der Waals surface area contributed by atoms with Gasteiger partial charge in [-0.05, 0) is 63.5 Å². The SMILES string of the molecule is CC1(C)OB(c2ccc3c(c2)c2c4oc(-c5ccccc5)nc4cc4c5ccccc5n3c42)OC1(C)C. The van der Waals surface area contributed by atoms with Crippen molar-refractivity contribution in [3.8, 4) is 11.5 Å². The summed E-state index contributed by atoms with van der Waals surface area (Å²) in [5.74, 6) is 0.630. The van der Waals surface area contributed by atoms with Crippen LogP contribution in [0.3, 0.4) is 0 Å². The number of benzene rings is 4. The summed E-state index contributed by atoms with van der Waals surface area (Å²) in [6, 6.07) is 27.3. The fourth-order valence-electron chi connectivity index (χ4n) is 5.79. The predicted octanol–water partition coefficient (Wildman–Crippen LogP) is 6.94. The van der Waals surface area contributed by atoms with Crippen LogP contribution in [0.4, 0.5) is 0 Å². The predicted molar refractivity (Wildman–Crippen MR) is 150 cm³/mol. The molecule has 5 nitrogen and oxygen atoms in total. The number of aromatic nitrogens is 2. The molecule has 1 fully saturated rings. The standard InChI is InChI=1S/C31H25BN2O3/c1-30(2)31(3,4)37-32(36-30)19-14-15-25-22(16-19)26-27-21(20-12-8-9-13-24(20)34(25)27)17-23-28(26)35-29(33-23)18-10-6-5-7-11-18/h5-17H,1-4H3. The lowest BCUT2D eigenvalue weighted by Crippen LogP contribution is -2.41. The average Bonchev–Trinajstić information content (AvgIpc) is 3.60. The Morgan fingerprint density at radius 1 is 0.730 bits per heavy atom. The molecule has 1 saturated heterocycles. The van der Waals surface area contributed by atoms with E-state index < -0.39 is 18.3 Å². The third-order valence-electron chi connectivity index (χ3n) is 8.39. The molecule has 8 rings (SSSR count). The second-order valence-corrected chi connectivity index (χ2v) is 11.1. The van der Waals surface area contributed by atoms with E-state index in [9.17, 15) is 0 Å². The lowest BCUT2D eigenvalue weighted by molar-refractivity contribution is 0.00578. The molecule has 37 heavy (non-hydrogen) atoms. The van der Waals surface area contributed by atoms with Gasteiger partial charge in [0.1, 0.15) is 5.52 Å². The Kier molecular flexibility index (Phi) is 3.97. The largest absolute Gasteiger partial charge is 0.494 e. The number of para-hydroxylation sites is 1. The zero-order chi connectivity index (χ0) is 25.1. The second-order valence-electron chi connectivity index (χ2n) is 11.1. The summed E-state index contributed by atoms with van der Waals surface area (Å²) < 4.78 is 21.7. The van der Waals surface area contributed by atoms with Gasteiger partial charge in [-0.15, -0.1) is 0 Å². The van der Waals surface area contributed by atoms with Crippen molar-refractivity contribution in [2.45, 2.75) is 38.9 Å². The molecular formula is C31H25BN2O3. The Morgan fingerprint density at radius 3 is 2.22 bits per heavy atom. The third-order valence-corrected chi connectivity index (χ3v) is 8.39. The number of nitrogens with zero attached hydrogens (tertiary/aromatic N) is 2. The summed E-state index contributed by atoms with van der Waals surface area (Å²) in [5.41, 5.74) is 6.29. The summed E-state index contributed by atoms with van der Waals surface area (Å²) in [6.45, 7) is 8.34. The molecule has 0 bridgehead atoms. The zero-order valence-corrected chi connectivity index (χ0v) is 21.2. The minimum absolute atomic E-state index is 0.402. The molecule has 0 N–H and O–H groups in total. The van der Waals surface area contributed by atoms with Gasteiger partial charge in [0.25, 0.3) is 0 Å². The number of oxazole rings is 1. The minimum Gasteiger partial charge on any atom is -0.435 e. The summed E-state index contributed by atoms with van der Waals surface area (Å²) in [7, 11) is -0.434. The first-order chi connectivity index (χ1) is 17.8. The van der Waals surface area contributed by atoms with E-state index in [1.807, 2.05) is 30.3 Å². The highest BCUT2D eigenvalue weighted by Gasteiger charge is 2.51. The van der Waals surface area contributed by atoms with Crippen LogP contribution in [0.15, 0.2) is 83.3 Å². The fraction of sp³-hybridized carbons (Fsp3) is 0.194. The van der Waals surface area contributed by atoms with E-state index in [1.165, 1.54) is 16.3 Å². The van der Waals surface area contributed by atoms with E-state index in [-0.39, 0.29) is 0 Å². The van der Waals surface area contributed by atoms with E-state index in [2.05, 4.69) is 80.6 Å². The van der Waals surface area contributed by atoms with Crippen molar-refractivity contribution in [3.63, 3.8) is 0 Å². The molecule has 0 atom stereocenters. The van der Waals surface area contributed by atoms with Gasteiger partial charge >= 0.3 is 7.12 Å². The molecule has 3 aromatic heterocycles. The van der Waals surface area contributed by atoms with Crippen LogP contribution >= 0.6 is 0 Å². The first-order valence-corrected chi connectivity index (χ1v) is 12.7. The molecule has 4 heterocycles. The molecule has 1 aliphatic rings. The lowest BCUT2D eigenvalue weighted by Gasteiger charge is -2.32. The summed E-state index contributed by atoms with van der Waals surface area (Å²) in [4.78, 5) is 4.94. The van der Waals surface area contributed by atoms with Crippen molar-refractivity contribution < 1.29 is 13.7 Å². The highest BCUT2D eigenvalue weighted by Crippen LogP contribution is 2.44. The maximum Gasteiger partial charge on any atom is 0.494 e. The van der Waals surface area contributed by atoms with Crippen LogP contribution in [-0.4, -0.2) is 27.7 Å². The van der Waals surface area contributed by atoms with E-state index in [4.69, 9.17) is 18.7 Å². The molecule has 0 saturated carbocycles. The summed E-state index contributed by atoms with van der Waals surface area (Å²) in [6.07, 6.45) is 0. The smallest absolute Gasteiger partial charge is 0.435 e. The van der Waals surface area contributed by atoms with Gasteiger partial charge in [0.05, 0.1) is 33.1 Å². The molecule has 4 aromatic carbocycles. The lowest BCUT2D eigenvalue weighted by atomic mass is 9.78. The molecule has 0 spiro atoms. The fourth-order valence-corrected chi connectivity index (χ4v) is 5.79. The normalized spacial score (nSPS) is 17.4. The topological polar surface area (TPSA) is 48.9 Å². The van der Waals surface area contributed by atoms with Gasteiger partial charge < -0.3 is 18.1 Å². The van der Waals surface area contributed by atoms with Gasteiger partial charge in [0.15, 0.2) is 5.58 Å². The van der Waals surface area contributed by atoms with Crippen molar-refractivity contribution in [1.82, 2.24) is 9.38 Å². The Labute approximate surface area is 214 Å². The van der Waals surface area contributed by atoms with Gasteiger partial charge in [-0.2, -0.15) is 0 Å². The zero-order valence-electron chi connectivity index (χ0n) is 21.2. The van der Waals surface area contributed by atoms with Crippen LogP contribution in [-0.2, 0) is 9.31 Å². The van der Waals surface area contributed by atoms with Crippen LogP contribution in [0.2, 0.25) is 0 Å². The van der Waals surface area contributed by atoms with Crippen LogP contribution in [0.5, 0.6) is 0 Å². The molecule has 0 amide bonds. The highest BCUT2D eigenvalue weighted by molar-refractivity contribution is 6.62. The van der Waals surface area contributed by atoms with Crippen LogP contribution in [0, 0.1) is 0 Å².